The first kappa shape index (κ1) is 16.3. The lowest BCUT2D eigenvalue weighted by Gasteiger charge is -2.46. The molecule has 0 aromatic carbocycles. The van der Waals surface area contributed by atoms with Crippen LogP contribution < -0.4 is 5.32 Å². The highest BCUT2D eigenvalue weighted by Gasteiger charge is 2.34. The highest BCUT2D eigenvalue weighted by Crippen LogP contribution is 2.31. The minimum atomic E-state index is 0.284. The van der Waals surface area contributed by atoms with Crippen molar-refractivity contribution < 1.29 is 0 Å². The van der Waals surface area contributed by atoms with Gasteiger partial charge in [-0.25, -0.2) is 0 Å². The van der Waals surface area contributed by atoms with Crippen molar-refractivity contribution in [2.75, 3.05) is 19.6 Å². The maximum absolute atomic E-state index is 3.72. The average molecular weight is 281 g/mol. The van der Waals surface area contributed by atoms with Gasteiger partial charge in [-0.3, -0.25) is 4.90 Å². The number of piperazine rings is 1. The van der Waals surface area contributed by atoms with Crippen molar-refractivity contribution in [3.05, 3.63) is 0 Å². The lowest BCUT2D eigenvalue weighted by molar-refractivity contribution is 0.0614. The zero-order chi connectivity index (χ0) is 14.8. The third-order valence-electron chi connectivity index (χ3n) is 5.59. The Morgan fingerprint density at radius 1 is 1.15 bits per heavy atom. The van der Waals surface area contributed by atoms with Crippen molar-refractivity contribution in [1.82, 2.24) is 10.2 Å². The predicted molar refractivity (Wildman–Crippen MR) is 88.0 cm³/mol. The van der Waals surface area contributed by atoms with E-state index < -0.39 is 0 Å². The SMILES string of the molecule is CC1CCC(CCN2CC(C)(C)NCC2C(C)C)CC1. The van der Waals surface area contributed by atoms with Gasteiger partial charge in [0.1, 0.15) is 0 Å². The van der Waals surface area contributed by atoms with E-state index in [0.717, 1.165) is 30.3 Å². The lowest BCUT2D eigenvalue weighted by atomic mass is 9.81. The highest BCUT2D eigenvalue weighted by atomic mass is 15.2. The van der Waals surface area contributed by atoms with Crippen LogP contribution in [0.25, 0.3) is 0 Å². The first-order chi connectivity index (χ1) is 9.37. The zero-order valence-corrected chi connectivity index (χ0v) is 14.4. The van der Waals surface area contributed by atoms with Crippen LogP contribution in [0.5, 0.6) is 0 Å². The monoisotopic (exact) mass is 280 g/mol. The highest BCUT2D eigenvalue weighted by molar-refractivity contribution is 4.93. The summed E-state index contributed by atoms with van der Waals surface area (Å²) >= 11 is 0. The summed E-state index contributed by atoms with van der Waals surface area (Å²) in [6, 6.07) is 0.727. The normalized spacial score (nSPS) is 35.4. The van der Waals surface area contributed by atoms with Crippen LogP contribution in [-0.2, 0) is 0 Å². The van der Waals surface area contributed by atoms with Crippen LogP contribution in [0.2, 0.25) is 0 Å². The van der Waals surface area contributed by atoms with Crippen LogP contribution in [0.4, 0.5) is 0 Å². The van der Waals surface area contributed by atoms with Crippen molar-refractivity contribution in [1.29, 1.82) is 0 Å². The molecule has 1 aliphatic heterocycles. The molecule has 2 aliphatic rings. The van der Waals surface area contributed by atoms with Gasteiger partial charge in [-0.15, -0.1) is 0 Å². The molecule has 2 rings (SSSR count). The first-order valence-corrected chi connectivity index (χ1v) is 8.86. The van der Waals surface area contributed by atoms with Gasteiger partial charge in [0.05, 0.1) is 0 Å². The van der Waals surface area contributed by atoms with Crippen LogP contribution in [0, 0.1) is 17.8 Å². The van der Waals surface area contributed by atoms with Crippen molar-refractivity contribution in [3.63, 3.8) is 0 Å². The average Bonchev–Trinajstić information content (AvgIpc) is 2.36. The number of nitrogens with one attached hydrogen (secondary N) is 1. The quantitative estimate of drug-likeness (QED) is 0.840. The molecular weight excluding hydrogens is 244 g/mol. The third-order valence-corrected chi connectivity index (χ3v) is 5.59. The Morgan fingerprint density at radius 2 is 1.80 bits per heavy atom. The number of rotatable bonds is 4. The Morgan fingerprint density at radius 3 is 2.40 bits per heavy atom. The van der Waals surface area contributed by atoms with Crippen LogP contribution in [0.1, 0.15) is 66.7 Å². The van der Waals surface area contributed by atoms with E-state index in [1.807, 2.05) is 0 Å². The van der Waals surface area contributed by atoms with E-state index in [1.165, 1.54) is 45.2 Å². The molecule has 1 saturated heterocycles. The molecule has 0 bridgehead atoms. The summed E-state index contributed by atoms with van der Waals surface area (Å²) in [6.45, 7) is 15.5. The largest absolute Gasteiger partial charge is 0.309 e. The molecule has 2 heteroatoms. The minimum absolute atomic E-state index is 0.284. The Labute approximate surface area is 126 Å². The fraction of sp³-hybridized carbons (Fsp3) is 1.00. The second kappa shape index (κ2) is 6.79. The Kier molecular flexibility index (Phi) is 5.53. The van der Waals surface area contributed by atoms with E-state index in [4.69, 9.17) is 0 Å². The second-order valence-electron chi connectivity index (χ2n) is 8.46. The van der Waals surface area contributed by atoms with E-state index in [9.17, 15) is 0 Å². The van der Waals surface area contributed by atoms with Crippen LogP contribution in [-0.4, -0.2) is 36.1 Å². The van der Waals surface area contributed by atoms with Crippen molar-refractivity contribution in [3.8, 4) is 0 Å². The molecule has 20 heavy (non-hydrogen) atoms. The van der Waals surface area contributed by atoms with Gasteiger partial charge in [-0.1, -0.05) is 46.5 Å². The predicted octanol–water partition coefficient (Wildman–Crippen LogP) is 3.91. The summed E-state index contributed by atoms with van der Waals surface area (Å²) in [5.74, 6) is 2.73. The molecule has 0 aromatic heterocycles. The van der Waals surface area contributed by atoms with Gasteiger partial charge in [0, 0.05) is 24.7 Å². The molecule has 0 radical (unpaired) electrons. The first-order valence-electron chi connectivity index (χ1n) is 8.86. The Hall–Kier alpha value is -0.0800. The van der Waals surface area contributed by atoms with E-state index in [1.54, 1.807) is 0 Å². The van der Waals surface area contributed by atoms with Crippen molar-refractivity contribution in [2.45, 2.75) is 78.3 Å². The van der Waals surface area contributed by atoms with Gasteiger partial charge >= 0.3 is 0 Å². The molecule has 1 N–H and O–H groups in total. The van der Waals surface area contributed by atoms with Crippen LogP contribution >= 0.6 is 0 Å². The lowest BCUT2D eigenvalue weighted by Crippen LogP contribution is -2.63. The molecule has 0 spiro atoms. The van der Waals surface area contributed by atoms with Gasteiger partial charge < -0.3 is 5.32 Å². The standard InChI is InChI=1S/C18H36N2/c1-14(2)17-12-19-18(4,5)13-20(17)11-10-16-8-6-15(3)7-9-16/h14-17,19H,6-13H2,1-5H3. The molecular formula is C18H36N2. The van der Waals surface area contributed by atoms with Gasteiger partial charge in [-0.05, 0) is 44.6 Å². The van der Waals surface area contributed by atoms with E-state index >= 15 is 0 Å². The fourth-order valence-corrected chi connectivity index (χ4v) is 4.06. The molecule has 2 nitrogen and oxygen atoms in total. The van der Waals surface area contributed by atoms with Crippen molar-refractivity contribution in [2.24, 2.45) is 17.8 Å². The van der Waals surface area contributed by atoms with E-state index in [-0.39, 0.29) is 5.54 Å². The van der Waals surface area contributed by atoms with Gasteiger partial charge in [-0.2, -0.15) is 0 Å². The molecule has 1 unspecified atom stereocenters. The summed E-state index contributed by atoms with van der Waals surface area (Å²) in [4.78, 5) is 2.78. The number of nitrogens with zero attached hydrogens (tertiary/aromatic N) is 1. The number of hydrogen-bond acceptors (Lipinski definition) is 2. The molecule has 2 fully saturated rings. The fourth-order valence-electron chi connectivity index (χ4n) is 4.06. The summed E-state index contributed by atoms with van der Waals surface area (Å²) in [5.41, 5.74) is 0.284. The van der Waals surface area contributed by atoms with Gasteiger partial charge in [0.2, 0.25) is 0 Å². The number of hydrogen-bond donors (Lipinski definition) is 1. The molecule has 0 amide bonds. The summed E-state index contributed by atoms with van der Waals surface area (Å²) in [5, 5.41) is 3.72. The van der Waals surface area contributed by atoms with Gasteiger partial charge in [0.15, 0.2) is 0 Å². The van der Waals surface area contributed by atoms with Gasteiger partial charge in [0.25, 0.3) is 0 Å². The Bertz CT molecular complexity index is 290. The summed E-state index contributed by atoms with van der Waals surface area (Å²) in [6.07, 6.45) is 7.30. The van der Waals surface area contributed by atoms with E-state index in [0.29, 0.717) is 0 Å². The molecule has 1 heterocycles. The molecule has 1 aliphatic carbocycles. The second-order valence-corrected chi connectivity index (χ2v) is 8.46. The minimum Gasteiger partial charge on any atom is -0.309 e. The third kappa shape index (κ3) is 4.46. The van der Waals surface area contributed by atoms with Crippen molar-refractivity contribution >= 4 is 0 Å². The molecule has 1 atom stereocenters. The molecule has 0 aromatic rings. The van der Waals surface area contributed by atoms with Crippen LogP contribution in [0.3, 0.4) is 0 Å². The Balaban J connectivity index is 1.84. The maximum Gasteiger partial charge on any atom is 0.0252 e. The van der Waals surface area contributed by atoms with Crippen LogP contribution in [0.15, 0.2) is 0 Å². The smallest absolute Gasteiger partial charge is 0.0252 e. The topological polar surface area (TPSA) is 15.3 Å². The summed E-state index contributed by atoms with van der Waals surface area (Å²) < 4.78 is 0. The maximum atomic E-state index is 3.72. The van der Waals surface area contributed by atoms with E-state index in [2.05, 4.69) is 44.8 Å². The summed E-state index contributed by atoms with van der Waals surface area (Å²) in [7, 11) is 0. The molecule has 1 saturated carbocycles. The molecule has 118 valence electrons. The zero-order valence-electron chi connectivity index (χ0n) is 14.4.